The fourth-order valence-electron chi connectivity index (χ4n) is 2.92. The highest BCUT2D eigenvalue weighted by Gasteiger charge is 2.28. The van der Waals surface area contributed by atoms with Gasteiger partial charge in [0.25, 0.3) is 5.91 Å². The van der Waals surface area contributed by atoms with Crippen LogP contribution in [-0.2, 0) is 29.1 Å². The zero-order valence-corrected chi connectivity index (χ0v) is 16.1. The third-order valence-corrected chi connectivity index (χ3v) is 6.77. The Morgan fingerprint density at radius 2 is 1.96 bits per heavy atom. The van der Waals surface area contributed by atoms with Gasteiger partial charge in [-0.05, 0) is 37.5 Å². The summed E-state index contributed by atoms with van der Waals surface area (Å²) in [5, 5.41) is 2.63. The minimum absolute atomic E-state index is 0.0958. The number of hydrogen-bond donors (Lipinski definition) is 1. The van der Waals surface area contributed by atoms with Crippen LogP contribution in [0.4, 0.5) is 5.69 Å². The fourth-order valence-corrected chi connectivity index (χ4v) is 4.35. The molecule has 0 spiro atoms. The van der Waals surface area contributed by atoms with E-state index in [0.717, 1.165) is 24.8 Å². The molecule has 3 rings (SSSR count). The molecule has 0 unspecified atom stereocenters. The number of anilines is 1. The number of carbonyl (C=O) groups is 2. The molecule has 1 aromatic carbocycles. The van der Waals surface area contributed by atoms with Crippen molar-refractivity contribution in [2.24, 2.45) is 5.92 Å². The lowest BCUT2D eigenvalue weighted by atomic mass is 9.86. The Bertz CT molecular complexity index is 813. The summed E-state index contributed by atoms with van der Waals surface area (Å²) in [4.78, 5) is 23.9. The first-order valence-electron chi connectivity index (χ1n) is 9.03. The Kier molecular flexibility index (Phi) is 6.13. The van der Waals surface area contributed by atoms with Gasteiger partial charge in [0, 0.05) is 18.8 Å². The molecule has 0 radical (unpaired) electrons. The molecule has 0 aromatic heterocycles. The maximum atomic E-state index is 12.8. The van der Waals surface area contributed by atoms with Gasteiger partial charge in [-0.25, -0.2) is 8.42 Å². The highest BCUT2D eigenvalue weighted by molar-refractivity contribution is 7.89. The first-order valence-corrected chi connectivity index (χ1v) is 10.5. The van der Waals surface area contributed by atoms with Gasteiger partial charge < -0.3 is 14.8 Å². The van der Waals surface area contributed by atoms with E-state index in [1.165, 1.54) is 16.4 Å². The maximum Gasteiger partial charge on any atom is 0.309 e. The lowest BCUT2D eigenvalue weighted by molar-refractivity contribution is -0.154. The van der Waals surface area contributed by atoms with Crippen LogP contribution in [0.1, 0.15) is 24.8 Å². The van der Waals surface area contributed by atoms with Crippen LogP contribution in [0.3, 0.4) is 0 Å². The second kappa shape index (κ2) is 8.37. The molecule has 1 N–H and O–H groups in total. The molecule has 9 heteroatoms. The minimum Gasteiger partial charge on any atom is -0.455 e. The average Bonchev–Trinajstić information content (AvgIpc) is 2.61. The van der Waals surface area contributed by atoms with Gasteiger partial charge in [0.15, 0.2) is 6.61 Å². The van der Waals surface area contributed by atoms with E-state index in [0.29, 0.717) is 32.0 Å². The molecule has 1 heterocycles. The van der Waals surface area contributed by atoms with Crippen LogP contribution in [0.2, 0.25) is 0 Å². The third kappa shape index (κ3) is 4.66. The predicted octanol–water partition coefficient (Wildman–Crippen LogP) is 1.30. The quantitative estimate of drug-likeness (QED) is 0.727. The zero-order valence-electron chi connectivity index (χ0n) is 15.3. The molecule has 2 fully saturated rings. The van der Waals surface area contributed by atoms with Crippen molar-refractivity contribution in [2.75, 3.05) is 38.2 Å². The van der Waals surface area contributed by atoms with Crippen molar-refractivity contribution in [1.29, 1.82) is 0 Å². The van der Waals surface area contributed by atoms with E-state index in [1.807, 2.05) is 0 Å². The van der Waals surface area contributed by atoms with Crippen LogP contribution in [0.25, 0.3) is 0 Å². The lowest BCUT2D eigenvalue weighted by Gasteiger charge is -2.26. The molecule has 2 aliphatic rings. The number of benzene rings is 1. The van der Waals surface area contributed by atoms with Crippen LogP contribution in [0.15, 0.2) is 23.1 Å². The molecular weight excluding hydrogens is 372 g/mol. The number of carbonyl (C=O) groups excluding carboxylic acids is 2. The van der Waals surface area contributed by atoms with E-state index in [9.17, 15) is 18.0 Å². The van der Waals surface area contributed by atoms with Crippen molar-refractivity contribution < 1.29 is 27.5 Å². The highest BCUT2D eigenvalue weighted by atomic mass is 32.2. The Morgan fingerprint density at radius 3 is 2.59 bits per heavy atom. The molecule has 0 atom stereocenters. The van der Waals surface area contributed by atoms with Gasteiger partial charge in [-0.2, -0.15) is 4.31 Å². The van der Waals surface area contributed by atoms with Gasteiger partial charge in [0.2, 0.25) is 10.0 Å². The van der Waals surface area contributed by atoms with Crippen molar-refractivity contribution >= 4 is 27.6 Å². The fraction of sp³-hybridized carbons (Fsp3) is 0.556. The first kappa shape index (κ1) is 19.8. The lowest BCUT2D eigenvalue weighted by Crippen LogP contribution is -2.40. The van der Waals surface area contributed by atoms with Gasteiger partial charge in [-0.3, -0.25) is 9.59 Å². The van der Waals surface area contributed by atoms with E-state index in [1.54, 1.807) is 13.0 Å². The third-order valence-electron chi connectivity index (χ3n) is 4.87. The summed E-state index contributed by atoms with van der Waals surface area (Å²) < 4.78 is 37.1. The molecule has 27 heavy (non-hydrogen) atoms. The predicted molar refractivity (Wildman–Crippen MR) is 97.7 cm³/mol. The van der Waals surface area contributed by atoms with Gasteiger partial charge in [-0.15, -0.1) is 0 Å². The Labute approximate surface area is 158 Å². The Hall–Kier alpha value is -1.97. The van der Waals surface area contributed by atoms with Crippen LogP contribution in [0.5, 0.6) is 0 Å². The molecule has 0 bridgehead atoms. The van der Waals surface area contributed by atoms with Crippen molar-refractivity contribution in [2.45, 2.75) is 31.1 Å². The minimum atomic E-state index is -3.65. The highest BCUT2D eigenvalue weighted by Crippen LogP contribution is 2.27. The smallest absolute Gasteiger partial charge is 0.309 e. The largest absolute Gasteiger partial charge is 0.455 e. The van der Waals surface area contributed by atoms with Gasteiger partial charge in [0.05, 0.1) is 24.0 Å². The number of ether oxygens (including phenoxy) is 2. The van der Waals surface area contributed by atoms with Crippen molar-refractivity contribution in [3.63, 3.8) is 0 Å². The summed E-state index contributed by atoms with van der Waals surface area (Å²) in [6.45, 7) is 2.71. The van der Waals surface area contributed by atoms with E-state index >= 15 is 0 Å². The molecule has 148 valence electrons. The maximum absolute atomic E-state index is 12.8. The Balaban J connectivity index is 1.65. The van der Waals surface area contributed by atoms with Crippen LogP contribution >= 0.6 is 0 Å². The Morgan fingerprint density at radius 1 is 1.26 bits per heavy atom. The topological polar surface area (TPSA) is 102 Å². The molecule has 1 aliphatic heterocycles. The number of sulfonamides is 1. The number of rotatable bonds is 6. The standard InChI is InChI=1S/C18H24N2O6S/c1-13-5-6-15(27(23,24)20-7-9-25-10-8-20)11-16(13)19-17(21)12-26-18(22)14-3-2-4-14/h5-6,11,14H,2-4,7-10,12H2,1H3,(H,19,21). The number of morpholine rings is 1. The summed E-state index contributed by atoms with van der Waals surface area (Å²) in [6, 6.07) is 4.60. The van der Waals surface area contributed by atoms with Crippen molar-refractivity contribution in [3.8, 4) is 0 Å². The molecule has 1 amide bonds. The first-order chi connectivity index (χ1) is 12.9. The number of amides is 1. The zero-order chi connectivity index (χ0) is 19.4. The summed E-state index contributed by atoms with van der Waals surface area (Å²) in [5.74, 6) is -0.940. The summed E-state index contributed by atoms with van der Waals surface area (Å²) in [6.07, 6.45) is 2.62. The summed E-state index contributed by atoms with van der Waals surface area (Å²) >= 11 is 0. The molecular formula is C18H24N2O6S. The second-order valence-electron chi connectivity index (χ2n) is 6.78. The van der Waals surface area contributed by atoms with E-state index < -0.39 is 15.9 Å². The molecule has 1 aliphatic carbocycles. The van der Waals surface area contributed by atoms with Gasteiger partial charge >= 0.3 is 5.97 Å². The number of nitrogens with one attached hydrogen (secondary N) is 1. The van der Waals surface area contributed by atoms with Gasteiger partial charge in [0.1, 0.15) is 0 Å². The van der Waals surface area contributed by atoms with E-state index in [2.05, 4.69) is 5.32 Å². The number of aryl methyl sites for hydroxylation is 1. The van der Waals surface area contributed by atoms with E-state index in [4.69, 9.17) is 9.47 Å². The monoisotopic (exact) mass is 396 g/mol. The molecule has 1 aromatic rings. The van der Waals surface area contributed by atoms with Gasteiger partial charge in [-0.1, -0.05) is 12.5 Å². The number of nitrogens with zero attached hydrogens (tertiary/aromatic N) is 1. The van der Waals surface area contributed by atoms with Crippen molar-refractivity contribution in [3.05, 3.63) is 23.8 Å². The molecule has 1 saturated heterocycles. The van der Waals surface area contributed by atoms with Crippen LogP contribution < -0.4 is 5.32 Å². The summed E-state index contributed by atoms with van der Waals surface area (Å²) in [5.41, 5.74) is 1.10. The summed E-state index contributed by atoms with van der Waals surface area (Å²) in [7, 11) is -3.65. The van der Waals surface area contributed by atoms with E-state index in [-0.39, 0.29) is 23.4 Å². The van der Waals surface area contributed by atoms with Crippen molar-refractivity contribution in [1.82, 2.24) is 4.31 Å². The normalized spacial score (nSPS) is 18.6. The van der Waals surface area contributed by atoms with Crippen LogP contribution in [-0.4, -0.2) is 57.5 Å². The molecule has 1 saturated carbocycles. The second-order valence-corrected chi connectivity index (χ2v) is 8.71. The average molecular weight is 396 g/mol. The molecule has 8 nitrogen and oxygen atoms in total. The van der Waals surface area contributed by atoms with Crippen LogP contribution in [0, 0.1) is 12.8 Å². The SMILES string of the molecule is Cc1ccc(S(=O)(=O)N2CCOCC2)cc1NC(=O)COC(=O)C1CCC1. The number of hydrogen-bond acceptors (Lipinski definition) is 6. The number of esters is 1.